The number of phenols is 4. The van der Waals surface area contributed by atoms with Gasteiger partial charge in [-0.1, -0.05) is 24.3 Å². The Kier molecular flexibility index (Phi) is 6.22. The van der Waals surface area contributed by atoms with Gasteiger partial charge in [0.2, 0.25) is 0 Å². The summed E-state index contributed by atoms with van der Waals surface area (Å²) in [7, 11) is 0. The molecule has 0 radical (unpaired) electrons. The van der Waals surface area contributed by atoms with E-state index in [1.54, 1.807) is 0 Å². The maximum Gasteiger partial charge on any atom is 0.169 e. The molecule has 0 heterocycles. The molecule has 226 valence electrons. The molecule has 2 aliphatic rings. The fourth-order valence-corrected chi connectivity index (χ4v) is 7.66. The summed E-state index contributed by atoms with van der Waals surface area (Å²) in [5.74, 6) is -7.45. The van der Waals surface area contributed by atoms with Crippen LogP contribution < -0.4 is 0 Å². The van der Waals surface area contributed by atoms with E-state index in [1.165, 1.54) is 64.1 Å². The first-order valence-corrected chi connectivity index (χ1v) is 14.0. The van der Waals surface area contributed by atoms with Crippen LogP contribution in [0.4, 0.5) is 0 Å². The number of fused-ring (bicyclic) bond motifs is 4. The summed E-state index contributed by atoms with van der Waals surface area (Å²) >= 11 is 0. The van der Waals surface area contributed by atoms with Gasteiger partial charge in [0.15, 0.2) is 11.6 Å². The average molecular weight is 599 g/mol. The largest absolute Gasteiger partial charge is 0.507 e. The number of hydrogen-bond acceptors (Lipinski definition) is 10. The Morgan fingerprint density at radius 1 is 0.636 bits per heavy atom. The first-order chi connectivity index (χ1) is 20.5. The van der Waals surface area contributed by atoms with E-state index >= 15 is 0 Å². The molecular formula is C34H30O10. The molecule has 2 aliphatic carbocycles. The van der Waals surface area contributed by atoms with E-state index in [-0.39, 0.29) is 54.9 Å². The average Bonchev–Trinajstić information content (AvgIpc) is 2.87. The van der Waals surface area contributed by atoms with Gasteiger partial charge in [-0.2, -0.15) is 0 Å². The number of aromatic hydroxyl groups is 4. The first kappa shape index (κ1) is 29.3. The fraction of sp³-hybridized carbons (Fsp3) is 0.294. The van der Waals surface area contributed by atoms with Crippen molar-refractivity contribution in [2.45, 2.75) is 63.6 Å². The van der Waals surface area contributed by atoms with Gasteiger partial charge in [-0.3, -0.25) is 19.2 Å². The van der Waals surface area contributed by atoms with Crippen molar-refractivity contribution in [1.82, 2.24) is 0 Å². The van der Waals surface area contributed by atoms with Crippen LogP contribution in [-0.2, 0) is 9.59 Å². The summed E-state index contributed by atoms with van der Waals surface area (Å²) in [6.45, 7) is 5.07. The van der Waals surface area contributed by atoms with Crippen molar-refractivity contribution in [2.24, 2.45) is 0 Å². The number of benzene rings is 4. The molecule has 6 N–H and O–H groups in total. The van der Waals surface area contributed by atoms with E-state index in [2.05, 4.69) is 0 Å². The molecule has 0 fully saturated rings. The third-order valence-electron chi connectivity index (χ3n) is 9.13. The van der Waals surface area contributed by atoms with Gasteiger partial charge in [-0.25, -0.2) is 0 Å². The zero-order valence-electron chi connectivity index (χ0n) is 24.3. The van der Waals surface area contributed by atoms with Crippen LogP contribution in [0.2, 0.25) is 0 Å². The second-order valence-corrected chi connectivity index (χ2v) is 12.4. The number of ketones is 4. The molecule has 0 spiro atoms. The third-order valence-corrected chi connectivity index (χ3v) is 9.13. The number of carbonyl (C=O) groups excluding carboxylic acids is 4. The van der Waals surface area contributed by atoms with E-state index in [0.717, 1.165) is 0 Å². The van der Waals surface area contributed by atoms with Crippen LogP contribution in [0, 0.1) is 0 Å². The Morgan fingerprint density at radius 3 is 1.30 bits per heavy atom. The second kappa shape index (κ2) is 9.35. The van der Waals surface area contributed by atoms with Crippen molar-refractivity contribution in [3.05, 3.63) is 58.7 Å². The standard InChI is InChI=1S/C34H30O10/c1-13(35)29-27-23(15-7-5-9-17(37)21(15)31(41)25(27)19(39)11-33(29,3)43)24-16-8-6-10-18(38)22(16)32(42)26-20(40)12-34(4,44)30(14(2)36)28(24)26/h5-10,29-30,37-38,41-44H,11-12H2,1-4H3. The molecule has 10 heteroatoms. The molecule has 4 aromatic rings. The SMILES string of the molecule is CC(=O)C1c2c(c(O)c3c(O)cccc3c2-c2c3c(c(O)c4c(O)cccc24)C(=O)CC(C)(O)C3C(C)=O)C(=O)CC1(C)O. The Bertz CT molecular complexity index is 1870. The molecule has 0 saturated heterocycles. The van der Waals surface area contributed by atoms with E-state index in [9.17, 15) is 49.8 Å². The smallest absolute Gasteiger partial charge is 0.169 e. The lowest BCUT2D eigenvalue weighted by Crippen LogP contribution is -2.44. The van der Waals surface area contributed by atoms with Crippen LogP contribution in [0.1, 0.15) is 84.2 Å². The number of carbonyl (C=O) groups is 4. The van der Waals surface area contributed by atoms with Crippen LogP contribution in [0.15, 0.2) is 36.4 Å². The minimum atomic E-state index is -1.93. The molecule has 6 rings (SSSR count). The number of rotatable bonds is 3. The van der Waals surface area contributed by atoms with Crippen LogP contribution >= 0.6 is 0 Å². The number of phenolic OH excluding ortho intramolecular Hbond substituents is 4. The molecule has 10 nitrogen and oxygen atoms in total. The number of Topliss-reactive ketones (excluding diaryl/α,β-unsaturated/α-hetero) is 4. The summed E-state index contributed by atoms with van der Waals surface area (Å²) in [5.41, 5.74) is -4.70. The predicted octanol–water partition coefficient (Wildman–Crippen LogP) is 4.50. The monoisotopic (exact) mass is 598 g/mol. The lowest BCUT2D eigenvalue weighted by atomic mass is 9.63. The van der Waals surface area contributed by atoms with Gasteiger partial charge < -0.3 is 30.6 Å². The Hall–Kier alpha value is -4.80. The summed E-state index contributed by atoms with van der Waals surface area (Å²) in [4.78, 5) is 54.0. The van der Waals surface area contributed by atoms with Gasteiger partial charge in [-0.15, -0.1) is 0 Å². The van der Waals surface area contributed by atoms with Gasteiger partial charge >= 0.3 is 0 Å². The van der Waals surface area contributed by atoms with Crippen molar-refractivity contribution < 1.29 is 49.8 Å². The Labute approximate surface area is 250 Å². The van der Waals surface area contributed by atoms with Crippen LogP contribution in [0.3, 0.4) is 0 Å². The fourth-order valence-electron chi connectivity index (χ4n) is 7.66. The van der Waals surface area contributed by atoms with E-state index < -0.39 is 82.0 Å². The van der Waals surface area contributed by atoms with Crippen LogP contribution in [0.5, 0.6) is 23.0 Å². The third kappa shape index (κ3) is 3.80. The van der Waals surface area contributed by atoms with Crippen molar-refractivity contribution in [2.75, 3.05) is 0 Å². The van der Waals surface area contributed by atoms with Gasteiger partial charge in [0.25, 0.3) is 0 Å². The molecule has 0 saturated carbocycles. The zero-order chi connectivity index (χ0) is 32.2. The van der Waals surface area contributed by atoms with E-state index in [0.29, 0.717) is 0 Å². The maximum absolute atomic E-state index is 13.7. The highest BCUT2D eigenvalue weighted by Crippen LogP contribution is 2.58. The van der Waals surface area contributed by atoms with Gasteiger partial charge in [0, 0.05) is 12.8 Å². The quantitative estimate of drug-likeness (QED) is 0.196. The molecule has 0 aliphatic heterocycles. The molecule has 44 heavy (non-hydrogen) atoms. The second-order valence-electron chi connectivity index (χ2n) is 12.4. The summed E-state index contributed by atoms with van der Waals surface area (Å²) in [6, 6.07) is 8.47. The highest BCUT2D eigenvalue weighted by Gasteiger charge is 2.51. The summed E-state index contributed by atoms with van der Waals surface area (Å²) < 4.78 is 0. The minimum Gasteiger partial charge on any atom is -0.507 e. The normalized spacial score (nSPS) is 24.8. The zero-order valence-corrected chi connectivity index (χ0v) is 24.3. The number of hydrogen-bond donors (Lipinski definition) is 6. The highest BCUT2D eigenvalue weighted by atomic mass is 16.3. The van der Waals surface area contributed by atoms with E-state index in [4.69, 9.17) is 0 Å². The molecule has 0 amide bonds. The molecular weight excluding hydrogens is 568 g/mol. The van der Waals surface area contributed by atoms with Crippen molar-refractivity contribution >= 4 is 44.7 Å². The van der Waals surface area contributed by atoms with Crippen LogP contribution in [0.25, 0.3) is 32.7 Å². The highest BCUT2D eigenvalue weighted by molar-refractivity contribution is 6.23. The molecule has 0 bridgehead atoms. The van der Waals surface area contributed by atoms with Crippen molar-refractivity contribution in [1.29, 1.82) is 0 Å². The van der Waals surface area contributed by atoms with Crippen molar-refractivity contribution in [3.63, 3.8) is 0 Å². The molecule has 4 atom stereocenters. The van der Waals surface area contributed by atoms with Crippen molar-refractivity contribution in [3.8, 4) is 34.1 Å². The maximum atomic E-state index is 13.7. The lowest BCUT2D eigenvalue weighted by Gasteiger charge is -2.41. The Balaban J connectivity index is 2.01. The molecule has 4 aromatic carbocycles. The molecule has 0 aromatic heterocycles. The summed E-state index contributed by atoms with van der Waals surface area (Å²) in [5, 5.41) is 67.8. The van der Waals surface area contributed by atoms with E-state index in [1.807, 2.05) is 0 Å². The lowest BCUT2D eigenvalue weighted by molar-refractivity contribution is -0.125. The van der Waals surface area contributed by atoms with Gasteiger partial charge in [0.1, 0.15) is 34.6 Å². The summed E-state index contributed by atoms with van der Waals surface area (Å²) in [6.07, 6.45) is -1.07. The first-order valence-electron chi connectivity index (χ1n) is 14.0. The Morgan fingerprint density at radius 2 is 0.977 bits per heavy atom. The van der Waals surface area contributed by atoms with Gasteiger partial charge in [0.05, 0.1) is 44.9 Å². The topological polar surface area (TPSA) is 190 Å². The number of aliphatic hydroxyl groups is 2. The van der Waals surface area contributed by atoms with Crippen LogP contribution in [-0.4, -0.2) is 65.0 Å². The minimum absolute atomic E-state index is 0.0147. The molecule has 4 unspecified atom stereocenters. The predicted molar refractivity (Wildman–Crippen MR) is 160 cm³/mol. The van der Waals surface area contributed by atoms with Gasteiger partial charge in [-0.05, 0) is 72.9 Å².